The third-order valence-corrected chi connectivity index (χ3v) is 4.38. The molecule has 0 saturated carbocycles. The van der Waals surface area contributed by atoms with Crippen molar-refractivity contribution in [3.8, 4) is 0 Å². The second kappa shape index (κ2) is 4.79. The van der Waals surface area contributed by atoms with Crippen molar-refractivity contribution in [1.82, 2.24) is 9.97 Å². The lowest BCUT2D eigenvalue weighted by atomic mass is 9.84. The highest BCUT2D eigenvalue weighted by atomic mass is 32.1. The Bertz CT molecular complexity index is 691. The highest BCUT2D eigenvalue weighted by molar-refractivity contribution is 7.17. The Balaban J connectivity index is 1.90. The van der Waals surface area contributed by atoms with Crippen molar-refractivity contribution in [2.24, 2.45) is 5.92 Å². The minimum Gasteiger partial charge on any atom is -0.375 e. The average molecular weight is 287 g/mol. The van der Waals surface area contributed by atoms with E-state index in [1.54, 1.807) is 12.1 Å². The first-order chi connectivity index (χ1) is 9.56. The molecule has 0 aromatic carbocycles. The van der Waals surface area contributed by atoms with Gasteiger partial charge in [0.15, 0.2) is 16.7 Å². The Morgan fingerprint density at radius 2 is 2.25 bits per heavy atom. The van der Waals surface area contributed by atoms with Crippen LogP contribution < -0.4 is 5.73 Å². The molecule has 5 nitrogen and oxygen atoms in total. The monoisotopic (exact) mass is 287 g/mol. The first-order valence-electron chi connectivity index (χ1n) is 6.32. The van der Waals surface area contributed by atoms with Crippen LogP contribution in [0.2, 0.25) is 0 Å². The van der Waals surface area contributed by atoms with Gasteiger partial charge in [0.1, 0.15) is 0 Å². The third kappa shape index (κ3) is 2.12. The number of pyridine rings is 1. The minimum absolute atomic E-state index is 0.161. The maximum atomic E-state index is 12.4. The quantitative estimate of drug-likeness (QED) is 0.675. The number of nitrogens with two attached hydrogens (primary N) is 1. The van der Waals surface area contributed by atoms with Crippen molar-refractivity contribution in [3.05, 3.63) is 40.2 Å². The molecule has 0 fully saturated rings. The van der Waals surface area contributed by atoms with Gasteiger partial charge in [0, 0.05) is 17.5 Å². The topological polar surface area (TPSA) is 85.9 Å². The van der Waals surface area contributed by atoms with Crippen LogP contribution in [0.3, 0.4) is 0 Å². The normalized spacial score (nSPS) is 17.9. The first-order valence-corrected chi connectivity index (χ1v) is 7.14. The molecule has 3 rings (SSSR count). The molecule has 2 N–H and O–H groups in total. The summed E-state index contributed by atoms with van der Waals surface area (Å²) in [6.07, 6.45) is 2.63. The number of Topliss-reactive ketones (excluding diaryl/α,β-unsaturated/α-hetero) is 2. The molecular formula is C14H13N3O2S. The second-order valence-electron chi connectivity index (χ2n) is 4.84. The molecule has 2 heterocycles. The van der Waals surface area contributed by atoms with E-state index < -0.39 is 5.92 Å². The number of carbonyl (C=O) groups is 2. The number of anilines is 1. The van der Waals surface area contributed by atoms with Crippen molar-refractivity contribution in [2.45, 2.75) is 19.8 Å². The predicted molar refractivity (Wildman–Crippen MR) is 76.0 cm³/mol. The largest absolute Gasteiger partial charge is 0.375 e. The molecule has 102 valence electrons. The summed E-state index contributed by atoms with van der Waals surface area (Å²) < 4.78 is 0. The van der Waals surface area contributed by atoms with Crippen LogP contribution in [0.25, 0.3) is 0 Å². The number of thiazole rings is 1. The molecule has 0 spiro atoms. The van der Waals surface area contributed by atoms with E-state index in [0.717, 1.165) is 11.4 Å². The molecule has 1 aliphatic carbocycles. The third-order valence-electron chi connectivity index (χ3n) is 3.44. The summed E-state index contributed by atoms with van der Waals surface area (Å²) in [5.41, 5.74) is 7.68. The smallest absolute Gasteiger partial charge is 0.185 e. The standard InChI is InChI=1S/C14H13N3O2S/c1-7-2-3-8(6-16-7)11(18)9-4-5-10-13(12(9)19)20-14(15)17-10/h2-3,6,9H,4-5H2,1H3,(H2,15,17). The summed E-state index contributed by atoms with van der Waals surface area (Å²) in [6.45, 7) is 1.85. The summed E-state index contributed by atoms with van der Waals surface area (Å²) in [6, 6.07) is 3.49. The van der Waals surface area contributed by atoms with E-state index in [-0.39, 0.29) is 11.6 Å². The number of aryl methyl sites for hydroxylation is 2. The molecule has 1 unspecified atom stereocenters. The Morgan fingerprint density at radius 1 is 1.45 bits per heavy atom. The maximum Gasteiger partial charge on any atom is 0.185 e. The van der Waals surface area contributed by atoms with Crippen molar-refractivity contribution >= 4 is 28.0 Å². The predicted octanol–water partition coefficient (Wildman–Crippen LogP) is 2.06. The lowest BCUT2D eigenvalue weighted by Gasteiger charge is -2.18. The number of hydrogen-bond donors (Lipinski definition) is 1. The van der Waals surface area contributed by atoms with Crippen LogP contribution in [0.4, 0.5) is 5.13 Å². The molecule has 0 bridgehead atoms. The Morgan fingerprint density at radius 3 is 2.95 bits per heavy atom. The fourth-order valence-electron chi connectivity index (χ4n) is 2.37. The Hall–Kier alpha value is -2.08. The van der Waals surface area contributed by atoms with Gasteiger partial charge in [-0.2, -0.15) is 0 Å². The van der Waals surface area contributed by atoms with Crippen LogP contribution >= 0.6 is 11.3 Å². The summed E-state index contributed by atoms with van der Waals surface area (Å²) in [7, 11) is 0. The van der Waals surface area contributed by atoms with E-state index in [1.165, 1.54) is 17.5 Å². The number of nitrogen functional groups attached to an aromatic ring is 1. The number of rotatable bonds is 2. The van der Waals surface area contributed by atoms with Crippen molar-refractivity contribution < 1.29 is 9.59 Å². The van der Waals surface area contributed by atoms with Gasteiger partial charge in [-0.15, -0.1) is 0 Å². The average Bonchev–Trinajstić information content (AvgIpc) is 2.81. The van der Waals surface area contributed by atoms with E-state index in [2.05, 4.69) is 9.97 Å². The van der Waals surface area contributed by atoms with Gasteiger partial charge in [-0.25, -0.2) is 4.98 Å². The molecule has 1 atom stereocenters. The maximum absolute atomic E-state index is 12.4. The number of aromatic nitrogens is 2. The highest BCUT2D eigenvalue weighted by Crippen LogP contribution is 2.32. The molecular weight excluding hydrogens is 274 g/mol. The van der Waals surface area contributed by atoms with Crippen molar-refractivity contribution in [1.29, 1.82) is 0 Å². The minimum atomic E-state index is -0.633. The van der Waals surface area contributed by atoms with Gasteiger partial charge in [0.2, 0.25) is 0 Å². The number of nitrogens with zero attached hydrogens (tertiary/aromatic N) is 2. The van der Waals surface area contributed by atoms with Crippen molar-refractivity contribution in [2.75, 3.05) is 5.73 Å². The number of hydrogen-bond acceptors (Lipinski definition) is 6. The fourth-order valence-corrected chi connectivity index (χ4v) is 3.24. The van der Waals surface area contributed by atoms with Crippen LogP contribution in [-0.2, 0) is 6.42 Å². The highest BCUT2D eigenvalue weighted by Gasteiger charge is 2.35. The lowest BCUT2D eigenvalue weighted by Crippen LogP contribution is -2.28. The van der Waals surface area contributed by atoms with Gasteiger partial charge in [-0.3, -0.25) is 14.6 Å². The zero-order valence-electron chi connectivity index (χ0n) is 10.9. The molecule has 1 aliphatic rings. The number of carbonyl (C=O) groups excluding carboxylic acids is 2. The zero-order chi connectivity index (χ0) is 14.3. The van der Waals surface area contributed by atoms with Gasteiger partial charge in [-0.1, -0.05) is 11.3 Å². The van der Waals surface area contributed by atoms with Crippen LogP contribution in [0, 0.1) is 12.8 Å². The van der Waals surface area contributed by atoms with E-state index in [1.807, 2.05) is 6.92 Å². The summed E-state index contributed by atoms with van der Waals surface area (Å²) in [5, 5.41) is 0.383. The number of ketones is 2. The lowest BCUT2D eigenvalue weighted by molar-refractivity contribution is 0.0793. The van der Waals surface area contributed by atoms with Gasteiger partial charge in [-0.05, 0) is 31.9 Å². The Kier molecular flexibility index (Phi) is 3.10. The van der Waals surface area contributed by atoms with E-state index in [0.29, 0.717) is 28.4 Å². The van der Waals surface area contributed by atoms with Gasteiger partial charge < -0.3 is 5.73 Å². The van der Waals surface area contributed by atoms with Gasteiger partial charge >= 0.3 is 0 Å². The molecule has 0 amide bonds. The first kappa shape index (κ1) is 12.9. The van der Waals surface area contributed by atoms with Crippen LogP contribution in [-0.4, -0.2) is 21.5 Å². The number of fused-ring (bicyclic) bond motifs is 1. The molecule has 2 aromatic rings. The Labute approximate surface area is 119 Å². The van der Waals surface area contributed by atoms with Crippen molar-refractivity contribution in [3.63, 3.8) is 0 Å². The molecule has 20 heavy (non-hydrogen) atoms. The van der Waals surface area contributed by atoms with Gasteiger partial charge in [0.05, 0.1) is 16.5 Å². The summed E-state index contributed by atoms with van der Waals surface area (Å²) in [5.74, 6) is -0.960. The summed E-state index contributed by atoms with van der Waals surface area (Å²) >= 11 is 1.17. The molecule has 0 saturated heterocycles. The summed E-state index contributed by atoms with van der Waals surface area (Å²) in [4.78, 5) is 33.6. The SMILES string of the molecule is Cc1ccc(C(=O)C2CCc3nc(N)sc3C2=O)cn1. The van der Waals surface area contributed by atoms with E-state index >= 15 is 0 Å². The molecule has 0 aliphatic heterocycles. The second-order valence-corrected chi connectivity index (χ2v) is 5.87. The van der Waals surface area contributed by atoms with Crippen LogP contribution in [0.15, 0.2) is 18.3 Å². The van der Waals surface area contributed by atoms with Gasteiger partial charge in [0.25, 0.3) is 0 Å². The zero-order valence-corrected chi connectivity index (χ0v) is 11.7. The molecule has 2 aromatic heterocycles. The van der Waals surface area contributed by atoms with Crippen LogP contribution in [0.1, 0.15) is 37.8 Å². The van der Waals surface area contributed by atoms with E-state index in [4.69, 9.17) is 5.73 Å². The molecule has 0 radical (unpaired) electrons. The fraction of sp³-hybridized carbons (Fsp3) is 0.286. The van der Waals surface area contributed by atoms with Crippen LogP contribution in [0.5, 0.6) is 0 Å². The van der Waals surface area contributed by atoms with E-state index in [9.17, 15) is 9.59 Å². The molecule has 6 heteroatoms.